The van der Waals surface area contributed by atoms with Crippen molar-refractivity contribution in [3.63, 3.8) is 0 Å². The van der Waals surface area contributed by atoms with Crippen molar-refractivity contribution in [1.82, 2.24) is 5.43 Å². The van der Waals surface area contributed by atoms with Crippen molar-refractivity contribution in [3.05, 3.63) is 60.4 Å². The molecule has 3 N–H and O–H groups in total. The first-order valence-corrected chi connectivity index (χ1v) is 4.43. The molecule has 0 spiro atoms. The van der Waals surface area contributed by atoms with Crippen molar-refractivity contribution < 1.29 is 0 Å². The van der Waals surface area contributed by atoms with Gasteiger partial charge in [0.25, 0.3) is 0 Å². The summed E-state index contributed by atoms with van der Waals surface area (Å²) in [6, 6.07) is 0. The highest BCUT2D eigenvalue weighted by Crippen LogP contribution is 2.06. The molecule has 0 radical (unpaired) electrons. The third kappa shape index (κ3) is 4.48. The summed E-state index contributed by atoms with van der Waals surface area (Å²) < 4.78 is 0. The Labute approximate surface area is 86.2 Å². The second-order valence-electron chi connectivity index (χ2n) is 2.92. The van der Waals surface area contributed by atoms with Gasteiger partial charge in [-0.3, -0.25) is 5.84 Å². The van der Waals surface area contributed by atoms with Gasteiger partial charge in [-0.25, -0.2) is 0 Å². The van der Waals surface area contributed by atoms with Crippen LogP contribution in [0.15, 0.2) is 60.4 Å². The van der Waals surface area contributed by atoms with Crippen molar-refractivity contribution in [2.75, 3.05) is 0 Å². The van der Waals surface area contributed by atoms with E-state index in [1.165, 1.54) is 0 Å². The van der Waals surface area contributed by atoms with Gasteiger partial charge in [0, 0.05) is 0 Å². The van der Waals surface area contributed by atoms with Crippen LogP contribution < -0.4 is 11.3 Å². The molecule has 0 saturated carbocycles. The molecular formula is C12H18N2. The largest absolute Gasteiger partial charge is 0.324 e. The highest BCUT2D eigenvalue weighted by atomic mass is 15.2. The van der Waals surface area contributed by atoms with Gasteiger partial charge in [0.05, 0.1) is 5.70 Å². The van der Waals surface area contributed by atoms with E-state index in [4.69, 9.17) is 5.84 Å². The summed E-state index contributed by atoms with van der Waals surface area (Å²) >= 11 is 0. The Balaban J connectivity index is 4.74. The lowest BCUT2D eigenvalue weighted by Gasteiger charge is -2.04. The number of nitrogens with one attached hydrogen (secondary N) is 1. The van der Waals surface area contributed by atoms with E-state index >= 15 is 0 Å². The molecule has 14 heavy (non-hydrogen) atoms. The van der Waals surface area contributed by atoms with Gasteiger partial charge >= 0.3 is 0 Å². The molecule has 0 aromatic carbocycles. The molecule has 0 rings (SSSR count). The van der Waals surface area contributed by atoms with Crippen LogP contribution in [-0.4, -0.2) is 0 Å². The molecule has 0 aromatic rings. The minimum absolute atomic E-state index is 0.855. The zero-order valence-corrected chi connectivity index (χ0v) is 8.88. The molecule has 0 aliphatic rings. The second-order valence-corrected chi connectivity index (χ2v) is 2.92. The van der Waals surface area contributed by atoms with E-state index in [-0.39, 0.29) is 0 Å². The molecule has 0 unspecified atom stereocenters. The number of rotatable bonds is 5. The first-order valence-electron chi connectivity index (χ1n) is 4.43. The normalized spacial score (nSPS) is 13.8. The minimum Gasteiger partial charge on any atom is -0.324 e. The first kappa shape index (κ1) is 12.5. The van der Waals surface area contributed by atoms with Gasteiger partial charge in [0.2, 0.25) is 0 Å². The Morgan fingerprint density at radius 3 is 2.21 bits per heavy atom. The molecule has 0 bridgehead atoms. The van der Waals surface area contributed by atoms with E-state index in [2.05, 4.69) is 18.6 Å². The van der Waals surface area contributed by atoms with Crippen molar-refractivity contribution in [3.8, 4) is 0 Å². The van der Waals surface area contributed by atoms with Crippen molar-refractivity contribution >= 4 is 0 Å². The van der Waals surface area contributed by atoms with Crippen molar-refractivity contribution in [2.24, 2.45) is 5.84 Å². The summed E-state index contributed by atoms with van der Waals surface area (Å²) in [5, 5.41) is 0. The molecule has 0 atom stereocenters. The van der Waals surface area contributed by atoms with Crippen LogP contribution in [0, 0.1) is 0 Å². The fraction of sp³-hybridized carbons (Fsp3) is 0.167. The fourth-order valence-electron chi connectivity index (χ4n) is 0.826. The molecule has 0 aliphatic heterocycles. The molecule has 0 amide bonds. The Hall–Kier alpha value is -1.54. The maximum absolute atomic E-state index is 5.35. The van der Waals surface area contributed by atoms with Gasteiger partial charge in [-0.15, -0.1) is 0 Å². The van der Waals surface area contributed by atoms with Gasteiger partial charge < -0.3 is 5.43 Å². The van der Waals surface area contributed by atoms with E-state index in [0.717, 1.165) is 16.8 Å². The molecule has 0 saturated heterocycles. The van der Waals surface area contributed by atoms with Gasteiger partial charge in [-0.2, -0.15) is 0 Å². The molecule has 2 heteroatoms. The van der Waals surface area contributed by atoms with Crippen LogP contribution >= 0.6 is 0 Å². The summed E-state index contributed by atoms with van der Waals surface area (Å²) in [6.07, 6.45) is 9.28. The van der Waals surface area contributed by atoms with Gasteiger partial charge in [0.1, 0.15) is 0 Å². The number of hydrogen-bond acceptors (Lipinski definition) is 2. The summed E-state index contributed by atoms with van der Waals surface area (Å²) in [5.41, 5.74) is 5.63. The highest BCUT2D eigenvalue weighted by Gasteiger charge is 1.93. The van der Waals surface area contributed by atoms with Gasteiger partial charge in [0.15, 0.2) is 0 Å². The lowest BCUT2D eigenvalue weighted by atomic mass is 10.1. The number of allylic oxidation sites excluding steroid dienone is 7. The molecule has 0 heterocycles. The molecule has 0 aliphatic carbocycles. The van der Waals surface area contributed by atoms with E-state index in [9.17, 15) is 0 Å². The maximum Gasteiger partial charge on any atom is 0.0514 e. The Bertz CT molecular complexity index is 293. The zero-order valence-electron chi connectivity index (χ0n) is 8.88. The van der Waals surface area contributed by atoms with Gasteiger partial charge in [-0.05, 0) is 25.5 Å². The quantitative estimate of drug-likeness (QED) is 0.397. The maximum atomic E-state index is 5.35. The van der Waals surface area contributed by atoms with E-state index < -0.39 is 0 Å². The molecule has 0 fully saturated rings. The summed E-state index contributed by atoms with van der Waals surface area (Å²) in [4.78, 5) is 0. The highest BCUT2D eigenvalue weighted by molar-refractivity contribution is 5.34. The predicted octanol–water partition coefficient (Wildman–Crippen LogP) is 2.60. The smallest absolute Gasteiger partial charge is 0.0514 e. The number of nitrogens with two attached hydrogens (primary N) is 1. The molecular weight excluding hydrogens is 172 g/mol. The Morgan fingerprint density at radius 2 is 1.79 bits per heavy atom. The van der Waals surface area contributed by atoms with Crippen LogP contribution in [0.4, 0.5) is 0 Å². The third-order valence-electron chi connectivity index (χ3n) is 1.78. The monoisotopic (exact) mass is 190 g/mol. The van der Waals surface area contributed by atoms with Crippen molar-refractivity contribution in [2.45, 2.75) is 13.8 Å². The average Bonchev–Trinajstić information content (AvgIpc) is 2.21. The lowest BCUT2D eigenvalue weighted by molar-refractivity contribution is 0.895. The van der Waals surface area contributed by atoms with Crippen molar-refractivity contribution in [1.29, 1.82) is 0 Å². The van der Waals surface area contributed by atoms with Gasteiger partial charge in [-0.1, -0.05) is 43.0 Å². The SMILES string of the molecule is C=C/C=C(NN)/C(C)=C/C=C(/C)C=C. The Morgan fingerprint density at radius 1 is 1.14 bits per heavy atom. The summed E-state index contributed by atoms with van der Waals surface area (Å²) in [5.74, 6) is 5.35. The van der Waals surface area contributed by atoms with E-state index in [0.29, 0.717) is 0 Å². The van der Waals surface area contributed by atoms with Crippen LogP contribution in [-0.2, 0) is 0 Å². The fourth-order valence-corrected chi connectivity index (χ4v) is 0.826. The average molecular weight is 190 g/mol. The van der Waals surface area contributed by atoms with E-state index in [1.807, 2.05) is 32.1 Å². The second kappa shape index (κ2) is 6.92. The molecule has 76 valence electrons. The third-order valence-corrected chi connectivity index (χ3v) is 1.78. The lowest BCUT2D eigenvalue weighted by Crippen LogP contribution is -2.21. The van der Waals surface area contributed by atoms with Crippen LogP contribution in [0.1, 0.15) is 13.8 Å². The van der Waals surface area contributed by atoms with Crippen LogP contribution in [0.5, 0.6) is 0 Å². The van der Waals surface area contributed by atoms with Crippen LogP contribution in [0.25, 0.3) is 0 Å². The minimum atomic E-state index is 0.855. The summed E-state index contributed by atoms with van der Waals surface area (Å²) in [6.45, 7) is 11.2. The zero-order chi connectivity index (χ0) is 11.0. The number of hydrogen-bond donors (Lipinski definition) is 2. The molecule has 0 aromatic heterocycles. The summed E-state index contributed by atoms with van der Waals surface area (Å²) in [7, 11) is 0. The van der Waals surface area contributed by atoms with E-state index in [1.54, 1.807) is 12.2 Å². The van der Waals surface area contributed by atoms with Crippen LogP contribution in [0.3, 0.4) is 0 Å². The molecule has 2 nitrogen and oxygen atoms in total. The standard InChI is InChI=1S/C12H18N2/c1-5-7-12(14-13)11(4)9-8-10(3)6-2/h5-9,14H,1-2,13H2,3-4H3/b10-8-,11-9+,12-7-. The Kier molecular flexibility index (Phi) is 6.16. The topological polar surface area (TPSA) is 38.0 Å². The van der Waals surface area contributed by atoms with Crippen LogP contribution in [0.2, 0.25) is 0 Å². The number of hydrazine groups is 1. The first-order chi connectivity index (χ1) is 6.65. The predicted molar refractivity (Wildman–Crippen MR) is 63.3 cm³/mol.